The minimum atomic E-state index is -4.54. The molecule has 0 amide bonds. The average Bonchev–Trinajstić information content (AvgIpc) is 2.80. The largest absolute Gasteiger partial charge is 0.494 e. The van der Waals surface area contributed by atoms with Gasteiger partial charge in [-0.25, -0.2) is 9.97 Å². The van der Waals surface area contributed by atoms with E-state index in [9.17, 15) is 13.2 Å². The van der Waals surface area contributed by atoms with Gasteiger partial charge in [0, 0.05) is 29.4 Å². The van der Waals surface area contributed by atoms with Gasteiger partial charge >= 0.3 is 6.18 Å². The molecule has 0 saturated carbocycles. The highest BCUT2D eigenvalue weighted by atomic mass is 32.2. The van der Waals surface area contributed by atoms with Crippen molar-refractivity contribution in [2.45, 2.75) is 55.6 Å². The summed E-state index contributed by atoms with van der Waals surface area (Å²) < 4.78 is 46.7. The van der Waals surface area contributed by atoms with Gasteiger partial charge in [0.15, 0.2) is 0 Å². The van der Waals surface area contributed by atoms with E-state index in [0.717, 1.165) is 36.5 Å². The lowest BCUT2D eigenvalue weighted by Crippen LogP contribution is -2.20. The monoisotopic (exact) mass is 475 g/mol. The number of nitrogens with zero attached hydrogens (tertiary/aromatic N) is 3. The summed E-state index contributed by atoms with van der Waals surface area (Å²) in [6, 6.07) is 16.4. The molecule has 0 aliphatic rings. The number of ether oxygens (including phenoxy) is 1. The number of unbranched alkanes of at least 4 members (excludes halogenated alkanes) is 3. The molecule has 0 saturated heterocycles. The molecule has 0 bridgehead atoms. The lowest BCUT2D eigenvalue weighted by Gasteiger charge is -2.23. The fraction of sp³-hybridized carbons (Fsp3) is 0.360. The van der Waals surface area contributed by atoms with Gasteiger partial charge in [0.05, 0.1) is 6.61 Å². The minimum Gasteiger partial charge on any atom is -0.494 e. The van der Waals surface area contributed by atoms with Crippen LogP contribution in [0, 0.1) is 0 Å². The summed E-state index contributed by atoms with van der Waals surface area (Å²) in [4.78, 5) is 10.8. The van der Waals surface area contributed by atoms with Crippen LogP contribution in [0.15, 0.2) is 70.7 Å². The summed E-state index contributed by atoms with van der Waals surface area (Å²) in [5, 5.41) is -0.125. The first-order chi connectivity index (χ1) is 15.9. The third-order valence-corrected chi connectivity index (χ3v) is 5.97. The number of alkyl halides is 3. The third kappa shape index (κ3) is 7.12. The van der Waals surface area contributed by atoms with E-state index in [1.807, 2.05) is 37.3 Å². The molecular weight excluding hydrogens is 447 g/mol. The van der Waals surface area contributed by atoms with Gasteiger partial charge in [0.2, 0.25) is 5.95 Å². The van der Waals surface area contributed by atoms with E-state index in [0.29, 0.717) is 23.8 Å². The van der Waals surface area contributed by atoms with Crippen molar-refractivity contribution >= 4 is 23.4 Å². The number of anilines is 2. The van der Waals surface area contributed by atoms with Crippen LogP contribution in [-0.4, -0.2) is 23.1 Å². The molecule has 2 aromatic carbocycles. The van der Waals surface area contributed by atoms with Crippen molar-refractivity contribution in [1.82, 2.24) is 9.97 Å². The number of aromatic nitrogens is 2. The fourth-order valence-electron chi connectivity index (χ4n) is 3.26. The van der Waals surface area contributed by atoms with Gasteiger partial charge in [0.25, 0.3) is 0 Å². The lowest BCUT2D eigenvalue weighted by molar-refractivity contribution is -0.140. The SMILES string of the molecule is CCCCCCOc1cccc(N(CC)c2ncc(C(F)(F)F)c(Sc3ccccc3)n2)c1. The summed E-state index contributed by atoms with van der Waals surface area (Å²) >= 11 is 0.977. The third-order valence-electron chi connectivity index (χ3n) is 4.96. The first-order valence-electron chi connectivity index (χ1n) is 11.1. The van der Waals surface area contributed by atoms with Crippen LogP contribution in [0.1, 0.15) is 45.1 Å². The summed E-state index contributed by atoms with van der Waals surface area (Å²) in [5.74, 6) is 0.928. The van der Waals surface area contributed by atoms with E-state index in [2.05, 4.69) is 16.9 Å². The Hall–Kier alpha value is -2.74. The molecule has 33 heavy (non-hydrogen) atoms. The molecule has 4 nitrogen and oxygen atoms in total. The molecule has 3 rings (SSSR count). The second kappa shape index (κ2) is 11.9. The van der Waals surface area contributed by atoms with Crippen LogP contribution in [0.25, 0.3) is 0 Å². The second-order valence-electron chi connectivity index (χ2n) is 7.45. The number of benzene rings is 2. The summed E-state index contributed by atoms with van der Waals surface area (Å²) in [6.07, 6.45) is 0.777. The average molecular weight is 476 g/mol. The summed E-state index contributed by atoms with van der Waals surface area (Å²) in [5.41, 5.74) is -0.0840. The zero-order valence-corrected chi connectivity index (χ0v) is 19.6. The van der Waals surface area contributed by atoms with Gasteiger partial charge in [0.1, 0.15) is 16.3 Å². The van der Waals surface area contributed by atoms with Gasteiger partial charge in [-0.05, 0) is 37.6 Å². The molecule has 0 aliphatic carbocycles. The Morgan fingerprint density at radius 3 is 2.45 bits per heavy atom. The number of rotatable bonds is 11. The van der Waals surface area contributed by atoms with Gasteiger partial charge in [-0.3, -0.25) is 0 Å². The summed E-state index contributed by atoms with van der Waals surface area (Å²) in [6.45, 7) is 5.19. The molecule has 176 valence electrons. The minimum absolute atomic E-state index is 0.125. The predicted octanol–water partition coefficient (Wildman–Crippen LogP) is 7.76. The Bertz CT molecular complexity index is 1020. The van der Waals surface area contributed by atoms with Crippen LogP contribution >= 0.6 is 11.8 Å². The highest BCUT2D eigenvalue weighted by Gasteiger charge is 2.35. The molecule has 0 atom stereocenters. The molecule has 1 aromatic heterocycles. The van der Waals surface area contributed by atoms with Crippen LogP contribution in [0.4, 0.5) is 24.8 Å². The Morgan fingerprint density at radius 2 is 1.76 bits per heavy atom. The molecule has 0 fully saturated rings. The lowest BCUT2D eigenvalue weighted by atomic mass is 10.2. The Labute approximate surface area is 197 Å². The smallest absolute Gasteiger partial charge is 0.420 e. The van der Waals surface area contributed by atoms with E-state index >= 15 is 0 Å². The highest BCUT2D eigenvalue weighted by Crippen LogP contribution is 2.39. The zero-order valence-electron chi connectivity index (χ0n) is 18.8. The molecule has 0 radical (unpaired) electrons. The first kappa shape index (κ1) is 24.9. The van der Waals surface area contributed by atoms with Crippen molar-refractivity contribution in [1.29, 1.82) is 0 Å². The van der Waals surface area contributed by atoms with E-state index in [4.69, 9.17) is 4.74 Å². The molecule has 3 aromatic rings. The molecule has 0 spiro atoms. The maximum atomic E-state index is 13.6. The quantitative estimate of drug-likeness (QED) is 0.209. The number of hydrogen-bond donors (Lipinski definition) is 0. The van der Waals surface area contributed by atoms with E-state index < -0.39 is 11.7 Å². The van der Waals surface area contributed by atoms with E-state index in [-0.39, 0.29) is 11.0 Å². The van der Waals surface area contributed by atoms with Gasteiger partial charge in [-0.2, -0.15) is 13.2 Å². The molecule has 8 heteroatoms. The van der Waals surface area contributed by atoms with Crippen molar-refractivity contribution in [3.63, 3.8) is 0 Å². The predicted molar refractivity (Wildman–Crippen MR) is 126 cm³/mol. The van der Waals surface area contributed by atoms with Crippen molar-refractivity contribution in [3.05, 3.63) is 66.4 Å². The second-order valence-corrected chi connectivity index (χ2v) is 8.51. The maximum absolute atomic E-state index is 13.6. The molecule has 0 aliphatic heterocycles. The normalized spacial score (nSPS) is 11.4. The van der Waals surface area contributed by atoms with Crippen LogP contribution in [-0.2, 0) is 6.18 Å². The van der Waals surface area contributed by atoms with Crippen LogP contribution < -0.4 is 9.64 Å². The van der Waals surface area contributed by atoms with E-state index in [1.165, 1.54) is 12.8 Å². The summed E-state index contributed by atoms with van der Waals surface area (Å²) in [7, 11) is 0. The molecule has 0 unspecified atom stereocenters. The zero-order chi connectivity index (χ0) is 23.7. The fourth-order valence-corrected chi connectivity index (χ4v) is 4.18. The van der Waals surface area contributed by atoms with Gasteiger partial charge < -0.3 is 9.64 Å². The van der Waals surface area contributed by atoms with Crippen LogP contribution in [0.3, 0.4) is 0 Å². The molecule has 0 N–H and O–H groups in total. The Morgan fingerprint density at radius 1 is 0.970 bits per heavy atom. The van der Waals surface area contributed by atoms with Gasteiger partial charge in [-0.1, -0.05) is 62.2 Å². The van der Waals surface area contributed by atoms with Crippen LogP contribution in [0.2, 0.25) is 0 Å². The number of halogens is 3. The van der Waals surface area contributed by atoms with Crippen LogP contribution in [0.5, 0.6) is 5.75 Å². The van der Waals surface area contributed by atoms with E-state index in [1.54, 1.807) is 29.2 Å². The van der Waals surface area contributed by atoms with Crippen molar-refractivity contribution in [2.75, 3.05) is 18.1 Å². The standard InChI is InChI=1S/C25H28F3N3OS/c1-3-5-6-10-16-32-20-13-11-12-19(17-20)31(4-2)24-29-18-22(25(26,27)28)23(30-24)33-21-14-8-7-9-15-21/h7-9,11-15,17-18H,3-6,10,16H2,1-2H3. The maximum Gasteiger partial charge on any atom is 0.420 e. The molecule has 1 heterocycles. The first-order valence-corrected chi connectivity index (χ1v) is 11.9. The highest BCUT2D eigenvalue weighted by molar-refractivity contribution is 7.99. The van der Waals surface area contributed by atoms with Crippen molar-refractivity contribution < 1.29 is 17.9 Å². The Balaban J connectivity index is 1.86. The van der Waals surface area contributed by atoms with Gasteiger partial charge in [-0.15, -0.1) is 0 Å². The number of hydrogen-bond acceptors (Lipinski definition) is 5. The Kier molecular flexibility index (Phi) is 9.00. The topological polar surface area (TPSA) is 38.2 Å². The molecular formula is C25H28F3N3OS. The van der Waals surface area contributed by atoms with Crippen molar-refractivity contribution in [2.24, 2.45) is 0 Å². The van der Waals surface area contributed by atoms with Crippen molar-refractivity contribution in [3.8, 4) is 5.75 Å².